The predicted octanol–water partition coefficient (Wildman–Crippen LogP) is 4.04. The van der Waals surface area contributed by atoms with Crippen LogP contribution in [0.1, 0.15) is 12.1 Å². The van der Waals surface area contributed by atoms with E-state index >= 15 is 0 Å². The van der Waals surface area contributed by atoms with Crippen LogP contribution in [0.25, 0.3) is 11.4 Å². The van der Waals surface area contributed by atoms with Crippen molar-refractivity contribution in [3.05, 3.63) is 60.3 Å². The molecule has 4 rings (SSSR count). The van der Waals surface area contributed by atoms with E-state index < -0.39 is 0 Å². The topological polar surface area (TPSA) is 30.7 Å². The molecule has 0 unspecified atom stereocenters. The lowest BCUT2D eigenvalue weighted by Gasteiger charge is -2.02. The van der Waals surface area contributed by atoms with Gasteiger partial charge in [0.2, 0.25) is 0 Å². The first-order valence-corrected chi connectivity index (χ1v) is 7.97. The average molecular weight is 293 g/mol. The van der Waals surface area contributed by atoms with Crippen molar-refractivity contribution >= 4 is 11.8 Å². The number of aromatic nitrogens is 3. The summed E-state index contributed by atoms with van der Waals surface area (Å²) in [5.74, 6) is 0. The van der Waals surface area contributed by atoms with E-state index in [1.807, 2.05) is 30.3 Å². The molecule has 4 heteroatoms. The van der Waals surface area contributed by atoms with Crippen LogP contribution in [0.2, 0.25) is 0 Å². The van der Waals surface area contributed by atoms with Gasteiger partial charge in [0, 0.05) is 17.1 Å². The smallest absolute Gasteiger partial charge is 0.111 e. The first-order valence-electron chi connectivity index (χ1n) is 7.15. The maximum atomic E-state index is 4.74. The lowest BCUT2D eigenvalue weighted by atomic mass is 10.2. The van der Waals surface area contributed by atoms with Gasteiger partial charge in [-0.1, -0.05) is 36.0 Å². The molecule has 104 valence electrons. The number of rotatable bonds is 3. The highest BCUT2D eigenvalue weighted by Crippen LogP contribution is 2.28. The van der Waals surface area contributed by atoms with Crippen LogP contribution in [0.5, 0.6) is 0 Å². The maximum Gasteiger partial charge on any atom is 0.111 e. The average Bonchev–Trinajstić information content (AvgIpc) is 3.10. The zero-order valence-corrected chi connectivity index (χ0v) is 12.4. The van der Waals surface area contributed by atoms with Gasteiger partial charge in [-0.05, 0) is 43.2 Å². The second-order valence-corrected chi connectivity index (χ2v) is 6.22. The number of fused-ring (bicyclic) bond motifs is 1. The molecular weight excluding hydrogens is 278 g/mol. The summed E-state index contributed by atoms with van der Waals surface area (Å²) in [5.41, 5.74) is 3.27. The fraction of sp³-hybridized carbons (Fsp3) is 0.176. The zero-order chi connectivity index (χ0) is 14.1. The number of pyridine rings is 1. The van der Waals surface area contributed by atoms with Gasteiger partial charge in [-0.2, -0.15) is 5.10 Å². The van der Waals surface area contributed by atoms with Gasteiger partial charge in [0.1, 0.15) is 10.7 Å². The van der Waals surface area contributed by atoms with Crippen LogP contribution in [0.15, 0.2) is 64.5 Å². The molecule has 0 fully saturated rings. The number of hydrogen-bond acceptors (Lipinski definition) is 3. The Hall–Kier alpha value is -2.07. The molecule has 0 saturated carbocycles. The third-order valence-corrected chi connectivity index (χ3v) is 4.56. The Balaban J connectivity index is 1.63. The second-order valence-electron chi connectivity index (χ2n) is 5.12. The predicted molar refractivity (Wildman–Crippen MR) is 84.3 cm³/mol. The highest BCUT2D eigenvalue weighted by Gasteiger charge is 2.15. The minimum Gasteiger partial charge on any atom is -0.269 e. The molecule has 21 heavy (non-hydrogen) atoms. The fourth-order valence-electron chi connectivity index (χ4n) is 2.61. The van der Waals surface area contributed by atoms with Crippen molar-refractivity contribution in [2.24, 2.45) is 0 Å². The standard InChI is InChI=1S/C17H15N3S/c1-2-7-14(8-3-1)21-17-10-4-9-15(18-17)16-12-13-6-5-11-20(13)19-16/h1-4,7-10,12H,5-6,11H2. The maximum absolute atomic E-state index is 4.74. The molecular formula is C17H15N3S. The summed E-state index contributed by atoms with van der Waals surface area (Å²) in [6, 6.07) is 18.6. The summed E-state index contributed by atoms with van der Waals surface area (Å²) in [7, 11) is 0. The third-order valence-electron chi connectivity index (χ3n) is 3.62. The van der Waals surface area contributed by atoms with E-state index in [0.29, 0.717) is 0 Å². The highest BCUT2D eigenvalue weighted by atomic mass is 32.2. The molecule has 1 aliphatic rings. The van der Waals surface area contributed by atoms with Crippen molar-refractivity contribution in [3.8, 4) is 11.4 Å². The van der Waals surface area contributed by atoms with Crippen LogP contribution in [-0.4, -0.2) is 14.8 Å². The summed E-state index contributed by atoms with van der Waals surface area (Å²) < 4.78 is 2.11. The van der Waals surface area contributed by atoms with Gasteiger partial charge in [-0.3, -0.25) is 4.68 Å². The van der Waals surface area contributed by atoms with E-state index in [4.69, 9.17) is 4.98 Å². The lowest BCUT2D eigenvalue weighted by molar-refractivity contribution is 0.658. The number of nitrogens with zero attached hydrogens (tertiary/aromatic N) is 3. The normalized spacial score (nSPS) is 13.3. The van der Waals surface area contributed by atoms with Crippen molar-refractivity contribution in [1.82, 2.24) is 14.8 Å². The van der Waals surface area contributed by atoms with Crippen molar-refractivity contribution in [2.75, 3.05) is 0 Å². The van der Waals surface area contributed by atoms with Crippen molar-refractivity contribution in [1.29, 1.82) is 0 Å². The Morgan fingerprint density at radius 2 is 1.86 bits per heavy atom. The first kappa shape index (κ1) is 12.7. The van der Waals surface area contributed by atoms with Crippen LogP contribution < -0.4 is 0 Å². The summed E-state index contributed by atoms with van der Waals surface area (Å²) in [6.45, 7) is 1.04. The van der Waals surface area contributed by atoms with Gasteiger partial charge in [0.15, 0.2) is 0 Å². The molecule has 3 nitrogen and oxygen atoms in total. The molecule has 0 bridgehead atoms. The van der Waals surface area contributed by atoms with Crippen LogP contribution >= 0.6 is 11.8 Å². The van der Waals surface area contributed by atoms with E-state index in [0.717, 1.165) is 29.4 Å². The van der Waals surface area contributed by atoms with Crippen LogP contribution in [0.3, 0.4) is 0 Å². The van der Waals surface area contributed by atoms with Crippen molar-refractivity contribution in [2.45, 2.75) is 29.3 Å². The van der Waals surface area contributed by atoms with Gasteiger partial charge >= 0.3 is 0 Å². The van der Waals surface area contributed by atoms with E-state index in [2.05, 4.69) is 34.0 Å². The Kier molecular flexibility index (Phi) is 3.24. The molecule has 0 radical (unpaired) electrons. The van der Waals surface area contributed by atoms with Crippen molar-refractivity contribution in [3.63, 3.8) is 0 Å². The molecule has 3 heterocycles. The molecule has 1 aliphatic heterocycles. The highest BCUT2D eigenvalue weighted by molar-refractivity contribution is 7.99. The minimum absolute atomic E-state index is 0.956. The van der Waals surface area contributed by atoms with E-state index in [1.165, 1.54) is 17.0 Å². The SMILES string of the molecule is c1ccc(Sc2cccc(-c3cc4n(n3)CCC4)n2)cc1. The Bertz CT molecular complexity index is 743. The summed E-state index contributed by atoms with van der Waals surface area (Å²) in [6.07, 6.45) is 2.34. The molecule has 0 amide bonds. The van der Waals surface area contributed by atoms with Gasteiger partial charge in [-0.25, -0.2) is 4.98 Å². The van der Waals surface area contributed by atoms with Gasteiger partial charge in [0.25, 0.3) is 0 Å². The fourth-order valence-corrected chi connectivity index (χ4v) is 3.43. The molecule has 0 saturated heterocycles. The molecule has 0 N–H and O–H groups in total. The molecule has 2 aromatic heterocycles. The second kappa shape index (κ2) is 5.37. The van der Waals surface area contributed by atoms with E-state index in [1.54, 1.807) is 11.8 Å². The molecule has 0 aliphatic carbocycles. The monoisotopic (exact) mass is 293 g/mol. The number of benzene rings is 1. The quantitative estimate of drug-likeness (QED) is 0.730. The largest absolute Gasteiger partial charge is 0.269 e. The van der Waals surface area contributed by atoms with Gasteiger partial charge in [-0.15, -0.1) is 0 Å². The Morgan fingerprint density at radius 3 is 2.71 bits per heavy atom. The van der Waals surface area contributed by atoms with E-state index in [9.17, 15) is 0 Å². The lowest BCUT2D eigenvalue weighted by Crippen LogP contribution is -1.95. The van der Waals surface area contributed by atoms with E-state index in [-0.39, 0.29) is 0 Å². The minimum atomic E-state index is 0.956. The van der Waals surface area contributed by atoms with Crippen LogP contribution in [-0.2, 0) is 13.0 Å². The molecule has 1 aromatic carbocycles. The van der Waals surface area contributed by atoms with Crippen LogP contribution in [0, 0.1) is 0 Å². The Morgan fingerprint density at radius 1 is 0.952 bits per heavy atom. The Labute approximate surface area is 128 Å². The van der Waals surface area contributed by atoms with Gasteiger partial charge in [0.05, 0.1) is 5.69 Å². The first-order chi connectivity index (χ1) is 10.4. The van der Waals surface area contributed by atoms with Crippen molar-refractivity contribution < 1.29 is 0 Å². The summed E-state index contributed by atoms with van der Waals surface area (Å²) in [5, 5.41) is 5.66. The third kappa shape index (κ3) is 2.59. The zero-order valence-electron chi connectivity index (χ0n) is 11.6. The molecule has 0 atom stereocenters. The van der Waals surface area contributed by atoms with Crippen LogP contribution in [0.4, 0.5) is 0 Å². The number of aryl methyl sites for hydroxylation is 2. The summed E-state index contributed by atoms with van der Waals surface area (Å²) in [4.78, 5) is 5.94. The summed E-state index contributed by atoms with van der Waals surface area (Å²) >= 11 is 1.68. The number of hydrogen-bond donors (Lipinski definition) is 0. The molecule has 3 aromatic rings. The molecule has 0 spiro atoms. The van der Waals surface area contributed by atoms with Gasteiger partial charge < -0.3 is 0 Å².